The lowest BCUT2D eigenvalue weighted by Crippen LogP contribution is -2.32. The van der Waals surface area contributed by atoms with E-state index in [9.17, 15) is 14.4 Å². The third kappa shape index (κ3) is 2.86. The first-order chi connectivity index (χ1) is 11.5. The standard InChI is InChI=1S/C18H17N3O3/c1-21(2)12-7-5-6-11(10-12)19-18(24)16(22)15-13-8-3-4-9-14(13)20-17(15)23/h3-10,15H,1-2H3,(H,19,24)(H,20,23)/t15-/m0/s1. The lowest BCUT2D eigenvalue weighted by molar-refractivity contribution is -0.138. The first-order valence-corrected chi connectivity index (χ1v) is 7.50. The van der Waals surface area contributed by atoms with Crippen LogP contribution in [-0.2, 0) is 14.4 Å². The predicted molar refractivity (Wildman–Crippen MR) is 92.2 cm³/mol. The van der Waals surface area contributed by atoms with Gasteiger partial charge in [0.1, 0.15) is 5.92 Å². The number of hydrogen-bond acceptors (Lipinski definition) is 4. The third-order valence-corrected chi connectivity index (χ3v) is 3.90. The zero-order valence-corrected chi connectivity index (χ0v) is 13.4. The lowest BCUT2D eigenvalue weighted by atomic mass is 9.95. The normalized spacial score (nSPS) is 15.4. The van der Waals surface area contributed by atoms with E-state index in [1.165, 1.54) is 0 Å². The molecule has 6 heteroatoms. The van der Waals surface area contributed by atoms with Crippen LogP contribution in [0.1, 0.15) is 11.5 Å². The van der Waals surface area contributed by atoms with Crippen molar-refractivity contribution in [1.29, 1.82) is 0 Å². The number of anilines is 3. The fraction of sp³-hybridized carbons (Fsp3) is 0.167. The fourth-order valence-electron chi connectivity index (χ4n) is 2.65. The predicted octanol–water partition coefficient (Wildman–Crippen LogP) is 2.00. The highest BCUT2D eigenvalue weighted by molar-refractivity contribution is 6.47. The van der Waals surface area contributed by atoms with Crippen LogP contribution in [0.25, 0.3) is 0 Å². The van der Waals surface area contributed by atoms with Crippen LogP contribution in [0, 0.1) is 0 Å². The Bertz CT molecular complexity index is 830. The van der Waals surface area contributed by atoms with Crippen LogP contribution in [0.4, 0.5) is 17.1 Å². The van der Waals surface area contributed by atoms with Crippen molar-refractivity contribution in [2.45, 2.75) is 5.92 Å². The number of ketones is 1. The van der Waals surface area contributed by atoms with Crippen molar-refractivity contribution in [1.82, 2.24) is 0 Å². The Morgan fingerprint density at radius 2 is 1.83 bits per heavy atom. The van der Waals surface area contributed by atoms with Gasteiger partial charge >= 0.3 is 0 Å². The number of nitrogens with zero attached hydrogens (tertiary/aromatic N) is 1. The number of carbonyl (C=O) groups is 3. The Morgan fingerprint density at radius 1 is 1.08 bits per heavy atom. The molecule has 0 unspecified atom stereocenters. The molecular formula is C18H17N3O3. The average Bonchev–Trinajstić information content (AvgIpc) is 2.90. The van der Waals surface area contributed by atoms with Gasteiger partial charge in [0.05, 0.1) is 0 Å². The van der Waals surface area contributed by atoms with Crippen LogP contribution in [-0.4, -0.2) is 31.7 Å². The molecule has 1 aliphatic heterocycles. The maximum Gasteiger partial charge on any atom is 0.292 e. The van der Waals surface area contributed by atoms with Gasteiger partial charge in [-0.2, -0.15) is 0 Å². The smallest absolute Gasteiger partial charge is 0.292 e. The van der Waals surface area contributed by atoms with Crippen molar-refractivity contribution in [3.05, 3.63) is 54.1 Å². The van der Waals surface area contributed by atoms with E-state index in [1.54, 1.807) is 42.5 Å². The molecule has 0 radical (unpaired) electrons. The van der Waals surface area contributed by atoms with Gasteiger partial charge in [0.15, 0.2) is 0 Å². The fourth-order valence-corrected chi connectivity index (χ4v) is 2.65. The van der Waals surface area contributed by atoms with Gasteiger partial charge in [0, 0.05) is 31.2 Å². The maximum absolute atomic E-state index is 12.5. The summed E-state index contributed by atoms with van der Waals surface area (Å²) in [6.45, 7) is 0. The summed E-state index contributed by atoms with van der Waals surface area (Å²) in [5.74, 6) is -3.15. The SMILES string of the molecule is CN(C)c1cccc(NC(=O)C(=O)[C@H]2C(=O)Nc3ccccc32)c1. The quantitative estimate of drug-likeness (QED) is 0.666. The molecule has 2 N–H and O–H groups in total. The Hall–Kier alpha value is -3.15. The highest BCUT2D eigenvalue weighted by Gasteiger charge is 2.39. The lowest BCUT2D eigenvalue weighted by Gasteiger charge is -2.14. The molecule has 0 spiro atoms. The number of hydrogen-bond donors (Lipinski definition) is 2. The maximum atomic E-state index is 12.5. The minimum absolute atomic E-state index is 0.474. The molecule has 0 fully saturated rings. The number of Topliss-reactive ketones (excluding diaryl/α,β-unsaturated/α-hetero) is 1. The van der Waals surface area contributed by atoms with E-state index in [2.05, 4.69) is 10.6 Å². The summed E-state index contributed by atoms with van der Waals surface area (Å²) in [7, 11) is 3.76. The van der Waals surface area contributed by atoms with Crippen molar-refractivity contribution in [3.63, 3.8) is 0 Å². The van der Waals surface area contributed by atoms with Crippen LogP contribution in [0.3, 0.4) is 0 Å². The van der Waals surface area contributed by atoms with Gasteiger partial charge in [-0.3, -0.25) is 14.4 Å². The zero-order chi connectivity index (χ0) is 17.3. The van der Waals surface area contributed by atoms with Gasteiger partial charge < -0.3 is 15.5 Å². The van der Waals surface area contributed by atoms with Crippen molar-refractivity contribution in [2.24, 2.45) is 0 Å². The van der Waals surface area contributed by atoms with Crippen LogP contribution < -0.4 is 15.5 Å². The Balaban J connectivity index is 1.80. The van der Waals surface area contributed by atoms with Crippen molar-refractivity contribution in [2.75, 3.05) is 29.6 Å². The number of carbonyl (C=O) groups excluding carboxylic acids is 3. The van der Waals surface area contributed by atoms with Gasteiger partial charge in [-0.25, -0.2) is 0 Å². The van der Waals surface area contributed by atoms with Gasteiger partial charge in [-0.05, 0) is 29.8 Å². The molecule has 1 heterocycles. The minimum Gasteiger partial charge on any atom is -0.378 e. The molecule has 1 atom stereocenters. The molecule has 0 bridgehead atoms. The molecule has 6 nitrogen and oxygen atoms in total. The molecule has 0 aromatic heterocycles. The molecule has 2 aromatic carbocycles. The number of para-hydroxylation sites is 1. The molecule has 1 aliphatic rings. The van der Waals surface area contributed by atoms with Gasteiger partial charge in [0.25, 0.3) is 5.91 Å². The van der Waals surface area contributed by atoms with E-state index in [4.69, 9.17) is 0 Å². The van der Waals surface area contributed by atoms with Crippen molar-refractivity contribution >= 4 is 34.7 Å². The molecular weight excluding hydrogens is 306 g/mol. The molecule has 2 aromatic rings. The van der Waals surface area contributed by atoms with E-state index < -0.39 is 23.5 Å². The number of rotatable bonds is 4. The first kappa shape index (κ1) is 15.7. The molecule has 122 valence electrons. The molecule has 0 saturated heterocycles. The van der Waals surface area contributed by atoms with Crippen LogP contribution in [0.15, 0.2) is 48.5 Å². The molecule has 3 rings (SSSR count). The first-order valence-electron chi connectivity index (χ1n) is 7.50. The molecule has 2 amide bonds. The van der Waals surface area contributed by atoms with Crippen molar-refractivity contribution in [3.8, 4) is 0 Å². The van der Waals surface area contributed by atoms with E-state index in [0.717, 1.165) is 5.69 Å². The Labute approximate surface area is 139 Å². The molecule has 24 heavy (non-hydrogen) atoms. The van der Waals surface area contributed by atoms with E-state index in [-0.39, 0.29) is 0 Å². The second kappa shape index (κ2) is 6.16. The topological polar surface area (TPSA) is 78.5 Å². The van der Waals surface area contributed by atoms with E-state index >= 15 is 0 Å². The summed E-state index contributed by atoms with van der Waals surface area (Å²) >= 11 is 0. The molecule has 0 saturated carbocycles. The van der Waals surface area contributed by atoms with Crippen LogP contribution in [0.2, 0.25) is 0 Å². The third-order valence-electron chi connectivity index (χ3n) is 3.90. The Morgan fingerprint density at radius 3 is 2.58 bits per heavy atom. The number of amides is 2. The van der Waals surface area contributed by atoms with Gasteiger partial charge in [0.2, 0.25) is 11.7 Å². The second-order valence-corrected chi connectivity index (χ2v) is 5.77. The monoisotopic (exact) mass is 323 g/mol. The van der Waals surface area contributed by atoms with Gasteiger partial charge in [-0.1, -0.05) is 24.3 Å². The average molecular weight is 323 g/mol. The summed E-state index contributed by atoms with van der Waals surface area (Å²) in [4.78, 5) is 38.7. The highest BCUT2D eigenvalue weighted by atomic mass is 16.2. The summed E-state index contributed by atoms with van der Waals surface area (Å²) in [5, 5.41) is 5.19. The number of nitrogens with one attached hydrogen (secondary N) is 2. The Kier molecular flexibility index (Phi) is 4.04. The van der Waals surface area contributed by atoms with Crippen LogP contribution >= 0.6 is 0 Å². The van der Waals surface area contributed by atoms with E-state index in [1.807, 2.05) is 25.1 Å². The number of benzene rings is 2. The molecule has 0 aliphatic carbocycles. The summed E-state index contributed by atoms with van der Waals surface area (Å²) in [6.07, 6.45) is 0. The zero-order valence-electron chi connectivity index (χ0n) is 13.4. The van der Waals surface area contributed by atoms with Crippen molar-refractivity contribution < 1.29 is 14.4 Å². The second-order valence-electron chi connectivity index (χ2n) is 5.77. The minimum atomic E-state index is -1.10. The summed E-state index contributed by atoms with van der Waals surface area (Å²) in [5.41, 5.74) is 2.50. The largest absolute Gasteiger partial charge is 0.378 e. The van der Waals surface area contributed by atoms with Gasteiger partial charge in [-0.15, -0.1) is 0 Å². The summed E-state index contributed by atoms with van der Waals surface area (Å²) < 4.78 is 0. The summed E-state index contributed by atoms with van der Waals surface area (Å²) in [6, 6.07) is 14.0. The van der Waals surface area contributed by atoms with Crippen LogP contribution in [0.5, 0.6) is 0 Å². The number of fused-ring (bicyclic) bond motifs is 1. The highest BCUT2D eigenvalue weighted by Crippen LogP contribution is 2.33. The van der Waals surface area contributed by atoms with E-state index in [0.29, 0.717) is 16.9 Å².